The van der Waals surface area contributed by atoms with Gasteiger partial charge in [-0.3, -0.25) is 18.7 Å². The highest BCUT2D eigenvalue weighted by Crippen LogP contribution is 2.52. The molecule has 1 aliphatic heterocycles. The highest BCUT2D eigenvalue weighted by atomic mass is 28.3. The van der Waals surface area contributed by atoms with Crippen LogP contribution in [0.25, 0.3) is 10.4 Å². The number of carbonyl (C=O) groups excluding carboxylic acids is 1. The number of carbonyl (C=O) groups is 1. The number of aromatic nitrogens is 2. The van der Waals surface area contributed by atoms with E-state index in [0.717, 1.165) is 4.57 Å². The molecule has 3 atom stereocenters. The lowest BCUT2D eigenvalue weighted by atomic mass is 10.1. The number of ketones is 1. The first-order chi connectivity index (χ1) is 20.6. The fourth-order valence-electron chi connectivity index (χ4n) is 6.76. The monoisotopic (exact) mass is 593 g/mol. The Morgan fingerprint density at radius 1 is 0.953 bits per heavy atom. The van der Waals surface area contributed by atoms with E-state index < -0.39 is 38.3 Å². The van der Waals surface area contributed by atoms with Crippen LogP contribution in [-0.2, 0) is 11.3 Å². The van der Waals surface area contributed by atoms with Crippen molar-refractivity contribution in [1.29, 1.82) is 0 Å². The maximum atomic E-state index is 13.9. The van der Waals surface area contributed by atoms with Crippen molar-refractivity contribution in [2.75, 3.05) is 0 Å². The molecule has 0 amide bonds. The summed E-state index contributed by atoms with van der Waals surface area (Å²) < 4.78 is 8.79. The van der Waals surface area contributed by atoms with E-state index in [0.29, 0.717) is 17.5 Å². The summed E-state index contributed by atoms with van der Waals surface area (Å²) in [6.45, 7) is 7.86. The molecule has 3 aromatic carbocycles. The predicted molar refractivity (Wildman–Crippen MR) is 170 cm³/mol. The average molecular weight is 594 g/mol. The molecule has 0 spiro atoms. The third-order valence-electron chi connectivity index (χ3n) is 8.53. The zero-order chi connectivity index (χ0) is 30.8. The molecule has 0 N–H and O–H groups in total. The van der Waals surface area contributed by atoms with Gasteiger partial charge in [-0.05, 0) is 29.5 Å². The molecule has 1 aliphatic rings. The number of hydrogen-bond donors (Lipinski definition) is 0. The van der Waals surface area contributed by atoms with Crippen LogP contribution < -0.4 is 21.6 Å². The van der Waals surface area contributed by atoms with E-state index in [1.54, 1.807) is 37.3 Å². The molecule has 220 valence electrons. The SMILES string of the molecule is Cc1cn(C2CC([Si](c3ccccc3)(c3ccccc3)C(C)(C)C)C(N=[N+]=[N-])O2)c(=O)n(CC(=O)c2ccccc2)c1=O. The summed E-state index contributed by atoms with van der Waals surface area (Å²) in [6, 6.07) is 29.2. The molecule has 0 bridgehead atoms. The topological polar surface area (TPSA) is 119 Å². The average Bonchev–Trinajstić information content (AvgIpc) is 3.42. The number of ether oxygens (including phenoxy) is 1. The van der Waals surface area contributed by atoms with Gasteiger partial charge in [0.25, 0.3) is 5.56 Å². The molecule has 2 heterocycles. The largest absolute Gasteiger partial charge is 0.349 e. The molecule has 1 fully saturated rings. The summed E-state index contributed by atoms with van der Waals surface area (Å²) in [4.78, 5) is 43.1. The molecule has 43 heavy (non-hydrogen) atoms. The minimum Gasteiger partial charge on any atom is -0.349 e. The van der Waals surface area contributed by atoms with E-state index in [9.17, 15) is 19.9 Å². The quantitative estimate of drug-likeness (QED) is 0.0918. The molecule has 1 aromatic heterocycles. The van der Waals surface area contributed by atoms with E-state index in [1.807, 2.05) is 36.4 Å². The molecule has 5 rings (SSSR count). The van der Waals surface area contributed by atoms with Gasteiger partial charge >= 0.3 is 5.69 Å². The Kier molecular flexibility index (Phi) is 8.37. The molecular formula is C33H35N5O4Si. The van der Waals surface area contributed by atoms with E-state index in [-0.39, 0.29) is 16.4 Å². The van der Waals surface area contributed by atoms with Gasteiger partial charge in [0.05, 0.1) is 6.54 Å². The highest BCUT2D eigenvalue weighted by molar-refractivity contribution is 7.05. The lowest BCUT2D eigenvalue weighted by Crippen LogP contribution is -2.68. The molecule has 9 nitrogen and oxygen atoms in total. The fourth-order valence-corrected chi connectivity index (χ4v) is 13.4. The van der Waals surface area contributed by atoms with Crippen molar-refractivity contribution in [3.05, 3.63) is 140 Å². The van der Waals surface area contributed by atoms with Gasteiger partial charge in [0, 0.05) is 22.2 Å². The Balaban J connectivity index is 1.65. The van der Waals surface area contributed by atoms with Crippen LogP contribution >= 0.6 is 0 Å². The number of Topliss-reactive ketones (excluding diaryl/α,β-unsaturated/α-hetero) is 1. The van der Waals surface area contributed by atoms with Gasteiger partial charge in [-0.25, -0.2) is 4.79 Å². The minimum absolute atomic E-state index is 0.253. The zero-order valence-corrected chi connectivity index (χ0v) is 25.8. The van der Waals surface area contributed by atoms with Gasteiger partial charge in [-0.1, -0.05) is 127 Å². The molecule has 0 saturated carbocycles. The first-order valence-corrected chi connectivity index (χ1v) is 16.4. The number of aryl methyl sites for hydroxylation is 1. The first kappa shape index (κ1) is 30.0. The zero-order valence-electron chi connectivity index (χ0n) is 24.8. The molecule has 3 unspecified atom stereocenters. The van der Waals surface area contributed by atoms with Crippen molar-refractivity contribution >= 4 is 24.2 Å². The van der Waals surface area contributed by atoms with Gasteiger partial charge in [0.1, 0.15) is 20.5 Å². The van der Waals surface area contributed by atoms with Gasteiger partial charge in [0.2, 0.25) is 0 Å². The Morgan fingerprint density at radius 2 is 1.49 bits per heavy atom. The van der Waals surface area contributed by atoms with Crippen LogP contribution in [0.5, 0.6) is 0 Å². The first-order valence-electron chi connectivity index (χ1n) is 14.3. The van der Waals surface area contributed by atoms with Crippen molar-refractivity contribution in [2.24, 2.45) is 5.11 Å². The molecule has 0 aliphatic carbocycles. The Labute approximate surface area is 251 Å². The minimum atomic E-state index is -2.84. The molecule has 10 heteroatoms. The summed E-state index contributed by atoms with van der Waals surface area (Å²) in [5, 5.41) is 6.23. The smallest absolute Gasteiger partial charge is 0.333 e. The van der Waals surface area contributed by atoms with Gasteiger partial charge in [-0.15, -0.1) is 0 Å². The van der Waals surface area contributed by atoms with Crippen LogP contribution in [0.4, 0.5) is 0 Å². The van der Waals surface area contributed by atoms with Crippen LogP contribution in [0.3, 0.4) is 0 Å². The third-order valence-corrected chi connectivity index (χ3v) is 15.0. The number of azide groups is 1. The van der Waals surface area contributed by atoms with E-state index >= 15 is 0 Å². The van der Waals surface area contributed by atoms with Crippen LogP contribution in [0.1, 0.15) is 49.3 Å². The number of hydrogen-bond acceptors (Lipinski definition) is 5. The van der Waals surface area contributed by atoms with Crippen molar-refractivity contribution in [3.63, 3.8) is 0 Å². The second-order valence-corrected chi connectivity index (χ2v) is 17.0. The van der Waals surface area contributed by atoms with Crippen molar-refractivity contribution in [1.82, 2.24) is 9.13 Å². The number of nitrogens with zero attached hydrogens (tertiary/aromatic N) is 5. The highest BCUT2D eigenvalue weighted by Gasteiger charge is 2.58. The Morgan fingerprint density at radius 3 is 2.00 bits per heavy atom. The van der Waals surface area contributed by atoms with Crippen LogP contribution in [0.15, 0.2) is 112 Å². The van der Waals surface area contributed by atoms with Crippen molar-refractivity contribution in [3.8, 4) is 0 Å². The predicted octanol–water partition coefficient (Wildman–Crippen LogP) is 5.19. The third kappa shape index (κ3) is 5.40. The fraction of sp³-hybridized carbons (Fsp3) is 0.303. The Hall–Kier alpha value is -4.50. The normalized spacial score (nSPS) is 18.7. The summed E-state index contributed by atoms with van der Waals surface area (Å²) >= 11 is 0. The standard InChI is InChI=1S/C33H35N5O4Si/c1-23-21-37(32(41)38(31(23)40)22-27(39)24-14-8-5-9-15-24)29-20-28(30(42-29)35-36-34)43(33(2,3)4,25-16-10-6-11-17-25)26-18-12-7-13-19-26/h5-19,21,28-30H,20,22H2,1-4H3. The van der Waals surface area contributed by atoms with Crippen molar-refractivity contribution < 1.29 is 9.53 Å². The van der Waals surface area contributed by atoms with Crippen LogP contribution in [0, 0.1) is 6.92 Å². The van der Waals surface area contributed by atoms with Gasteiger partial charge in [-0.2, -0.15) is 0 Å². The van der Waals surface area contributed by atoms with Gasteiger partial charge in [0.15, 0.2) is 5.78 Å². The molecular weight excluding hydrogens is 558 g/mol. The summed E-state index contributed by atoms with van der Waals surface area (Å²) in [7, 11) is -2.84. The number of benzene rings is 3. The van der Waals surface area contributed by atoms with E-state index in [4.69, 9.17) is 4.74 Å². The number of rotatable bonds is 8. The van der Waals surface area contributed by atoms with Crippen LogP contribution in [-0.4, -0.2) is 29.2 Å². The molecule has 0 radical (unpaired) electrons. The second kappa shape index (κ2) is 12.0. The Bertz CT molecular complexity index is 1740. The van der Waals surface area contributed by atoms with Crippen molar-refractivity contribution in [2.45, 2.75) is 63.7 Å². The van der Waals surface area contributed by atoms with Crippen LogP contribution in [0.2, 0.25) is 10.6 Å². The molecule has 1 saturated heterocycles. The lowest BCUT2D eigenvalue weighted by Gasteiger charge is -2.49. The summed E-state index contributed by atoms with van der Waals surface area (Å²) in [5.41, 5.74) is 8.93. The van der Waals surface area contributed by atoms with E-state index in [1.165, 1.54) is 21.1 Å². The summed E-state index contributed by atoms with van der Waals surface area (Å²) in [5.74, 6) is -0.346. The second-order valence-electron chi connectivity index (χ2n) is 12.0. The molecule has 4 aromatic rings. The van der Waals surface area contributed by atoms with Gasteiger partial charge < -0.3 is 4.74 Å². The van der Waals surface area contributed by atoms with E-state index in [2.05, 4.69) is 55.1 Å². The summed E-state index contributed by atoms with van der Waals surface area (Å²) in [6.07, 6.45) is 0.188. The maximum Gasteiger partial charge on any atom is 0.333 e. The maximum absolute atomic E-state index is 13.9. The lowest BCUT2D eigenvalue weighted by molar-refractivity contribution is 0.00145.